The Labute approximate surface area is 148 Å². The van der Waals surface area contributed by atoms with Crippen LogP contribution in [-0.2, 0) is 21.0 Å². The van der Waals surface area contributed by atoms with Crippen molar-refractivity contribution in [2.24, 2.45) is 0 Å². The lowest BCUT2D eigenvalue weighted by atomic mass is 9.82. The van der Waals surface area contributed by atoms with Crippen molar-refractivity contribution in [2.75, 3.05) is 14.2 Å². The minimum absolute atomic E-state index is 0.348. The first-order valence-electron chi connectivity index (χ1n) is 8.86. The number of hydrogen-bond donors (Lipinski definition) is 0. The van der Waals surface area contributed by atoms with Gasteiger partial charge in [0.15, 0.2) is 0 Å². The molecule has 0 radical (unpaired) electrons. The van der Waals surface area contributed by atoms with Crippen LogP contribution in [0.2, 0.25) is 0 Å². The Morgan fingerprint density at radius 1 is 0.640 bits per heavy atom. The summed E-state index contributed by atoms with van der Waals surface area (Å²) in [5.74, 6) is 1.72. The maximum Gasteiger partial charge on any atom is 0.129 e. The first-order chi connectivity index (χ1) is 12.2. The SMILES string of the molecule is COc1ccc([C@@]23CCC[C@](c4ccc(OC)cc4)(CC2)OO3)cc1. The van der Waals surface area contributed by atoms with Gasteiger partial charge in [-0.2, -0.15) is 0 Å². The molecule has 2 heterocycles. The van der Waals surface area contributed by atoms with Crippen molar-refractivity contribution >= 4 is 0 Å². The first kappa shape index (κ1) is 16.4. The van der Waals surface area contributed by atoms with Crippen LogP contribution in [0.1, 0.15) is 43.2 Å². The monoisotopic (exact) mass is 340 g/mol. The summed E-state index contributed by atoms with van der Waals surface area (Å²) in [6.45, 7) is 0. The van der Waals surface area contributed by atoms with Crippen LogP contribution in [0.5, 0.6) is 11.5 Å². The lowest BCUT2D eigenvalue weighted by Gasteiger charge is -2.42. The molecule has 5 rings (SSSR count). The van der Waals surface area contributed by atoms with Crippen molar-refractivity contribution in [3.63, 3.8) is 0 Å². The van der Waals surface area contributed by atoms with Gasteiger partial charge < -0.3 is 9.47 Å². The Morgan fingerprint density at radius 2 is 1.04 bits per heavy atom. The fourth-order valence-corrected chi connectivity index (χ4v) is 4.10. The lowest BCUT2D eigenvalue weighted by molar-refractivity contribution is -0.444. The molecule has 3 aliphatic rings. The van der Waals surface area contributed by atoms with Gasteiger partial charge in [0, 0.05) is 0 Å². The molecule has 4 heteroatoms. The summed E-state index contributed by atoms with van der Waals surface area (Å²) in [5, 5.41) is 0. The molecule has 132 valence electrons. The van der Waals surface area contributed by atoms with E-state index in [1.165, 1.54) is 11.1 Å². The van der Waals surface area contributed by atoms with E-state index >= 15 is 0 Å². The van der Waals surface area contributed by atoms with Gasteiger partial charge in [0.25, 0.3) is 0 Å². The molecular weight excluding hydrogens is 316 g/mol. The summed E-state index contributed by atoms with van der Waals surface area (Å²) in [4.78, 5) is 12.2. The predicted octanol–water partition coefficient (Wildman–Crippen LogP) is 4.72. The number of ether oxygens (including phenoxy) is 2. The van der Waals surface area contributed by atoms with Crippen LogP contribution in [-0.4, -0.2) is 14.2 Å². The van der Waals surface area contributed by atoms with Crippen molar-refractivity contribution in [3.8, 4) is 11.5 Å². The largest absolute Gasteiger partial charge is 0.497 e. The van der Waals surface area contributed by atoms with Gasteiger partial charge in [-0.3, -0.25) is 0 Å². The molecule has 1 aliphatic carbocycles. The van der Waals surface area contributed by atoms with Gasteiger partial charge in [0.05, 0.1) is 14.2 Å². The average Bonchev–Trinajstić information content (AvgIpc) is 3.00. The third kappa shape index (κ3) is 2.79. The Hall–Kier alpha value is -2.04. The maximum atomic E-state index is 6.09. The zero-order valence-electron chi connectivity index (χ0n) is 14.8. The van der Waals surface area contributed by atoms with Gasteiger partial charge in [0.1, 0.15) is 22.7 Å². The molecule has 0 N–H and O–H groups in total. The van der Waals surface area contributed by atoms with Crippen LogP contribution in [0.3, 0.4) is 0 Å². The Kier molecular flexibility index (Phi) is 4.18. The second kappa shape index (κ2) is 6.36. The highest BCUT2D eigenvalue weighted by Crippen LogP contribution is 2.53. The van der Waals surface area contributed by atoms with Crippen LogP contribution in [0, 0.1) is 0 Å². The molecule has 0 amide bonds. The van der Waals surface area contributed by atoms with Crippen LogP contribution in [0.4, 0.5) is 0 Å². The molecule has 2 aliphatic heterocycles. The third-order valence-electron chi connectivity index (χ3n) is 5.69. The zero-order valence-corrected chi connectivity index (χ0v) is 14.8. The lowest BCUT2D eigenvalue weighted by Crippen LogP contribution is -2.40. The topological polar surface area (TPSA) is 36.9 Å². The van der Waals surface area contributed by atoms with E-state index in [0.717, 1.165) is 43.6 Å². The molecule has 2 atom stereocenters. The van der Waals surface area contributed by atoms with E-state index in [9.17, 15) is 0 Å². The smallest absolute Gasteiger partial charge is 0.129 e. The molecule has 0 aromatic heterocycles. The Bertz CT molecular complexity index is 649. The normalized spacial score (nSPS) is 28.4. The van der Waals surface area contributed by atoms with Gasteiger partial charge in [-0.1, -0.05) is 24.3 Å². The van der Waals surface area contributed by atoms with Crippen molar-refractivity contribution in [2.45, 2.75) is 43.3 Å². The molecule has 4 nitrogen and oxygen atoms in total. The zero-order chi connectivity index (χ0) is 17.3. The van der Waals surface area contributed by atoms with Gasteiger partial charge >= 0.3 is 0 Å². The van der Waals surface area contributed by atoms with Crippen molar-refractivity contribution < 1.29 is 19.2 Å². The number of methoxy groups -OCH3 is 2. The van der Waals surface area contributed by atoms with E-state index in [4.69, 9.17) is 19.2 Å². The molecule has 0 unspecified atom stereocenters. The summed E-state index contributed by atoms with van der Waals surface area (Å²) in [6, 6.07) is 16.3. The Morgan fingerprint density at radius 3 is 1.36 bits per heavy atom. The first-order valence-corrected chi connectivity index (χ1v) is 8.86. The highest BCUT2D eigenvalue weighted by molar-refractivity contribution is 5.34. The molecule has 2 bridgehead atoms. The number of rotatable bonds is 4. The maximum absolute atomic E-state index is 6.09. The van der Waals surface area contributed by atoms with Crippen molar-refractivity contribution in [1.82, 2.24) is 0 Å². The van der Waals surface area contributed by atoms with E-state index in [0.29, 0.717) is 0 Å². The van der Waals surface area contributed by atoms with E-state index < -0.39 is 0 Å². The molecule has 1 saturated carbocycles. The highest BCUT2D eigenvalue weighted by atomic mass is 17.2. The molecule has 2 saturated heterocycles. The highest BCUT2D eigenvalue weighted by Gasteiger charge is 2.50. The quantitative estimate of drug-likeness (QED) is 0.755. The number of hydrogen-bond acceptors (Lipinski definition) is 4. The van der Waals surface area contributed by atoms with E-state index in [-0.39, 0.29) is 11.2 Å². The van der Waals surface area contributed by atoms with Gasteiger partial charge in [-0.05, 0) is 67.5 Å². The van der Waals surface area contributed by atoms with Crippen LogP contribution >= 0.6 is 0 Å². The summed E-state index contributed by atoms with van der Waals surface area (Å²) in [5.41, 5.74) is 1.63. The average molecular weight is 340 g/mol. The third-order valence-corrected chi connectivity index (χ3v) is 5.69. The second-order valence-corrected chi connectivity index (χ2v) is 6.97. The Balaban J connectivity index is 1.60. The van der Waals surface area contributed by atoms with Crippen LogP contribution in [0.15, 0.2) is 48.5 Å². The molecule has 3 fully saturated rings. The van der Waals surface area contributed by atoms with Gasteiger partial charge in [-0.25, -0.2) is 9.78 Å². The molecule has 2 aromatic rings. The number of fused-ring (bicyclic) bond motifs is 4. The van der Waals surface area contributed by atoms with E-state index in [1.807, 2.05) is 24.3 Å². The molecule has 2 aromatic carbocycles. The predicted molar refractivity (Wildman–Crippen MR) is 94.6 cm³/mol. The fourth-order valence-electron chi connectivity index (χ4n) is 4.10. The standard InChI is InChI=1S/C21H24O4/c1-22-18-8-4-16(5-9-18)20-12-3-13-21(15-14-20,25-24-20)17-6-10-19(23-2)11-7-17/h4-11H,3,12-15H2,1-2H3/t20-,21-/m1/s1. The summed E-state index contributed by atoms with van der Waals surface area (Å²) in [6.07, 6.45) is 4.91. The van der Waals surface area contributed by atoms with Gasteiger partial charge in [-0.15, -0.1) is 0 Å². The summed E-state index contributed by atoms with van der Waals surface area (Å²) >= 11 is 0. The van der Waals surface area contributed by atoms with Crippen molar-refractivity contribution in [3.05, 3.63) is 59.7 Å². The second-order valence-electron chi connectivity index (χ2n) is 6.97. The molecular formula is C21H24O4. The fraction of sp³-hybridized carbons (Fsp3) is 0.429. The molecule has 25 heavy (non-hydrogen) atoms. The van der Waals surface area contributed by atoms with Crippen LogP contribution in [0.25, 0.3) is 0 Å². The summed E-state index contributed by atoms with van der Waals surface area (Å²) < 4.78 is 10.5. The van der Waals surface area contributed by atoms with Gasteiger partial charge in [0.2, 0.25) is 0 Å². The minimum atomic E-state index is -0.348. The minimum Gasteiger partial charge on any atom is -0.497 e. The molecule has 0 spiro atoms. The van der Waals surface area contributed by atoms with Crippen LogP contribution < -0.4 is 9.47 Å². The summed E-state index contributed by atoms with van der Waals surface area (Å²) in [7, 11) is 3.37. The number of benzene rings is 2. The van der Waals surface area contributed by atoms with Crippen molar-refractivity contribution in [1.29, 1.82) is 0 Å². The van der Waals surface area contributed by atoms with E-state index in [2.05, 4.69) is 24.3 Å². The van der Waals surface area contributed by atoms with E-state index in [1.54, 1.807) is 14.2 Å².